The summed E-state index contributed by atoms with van der Waals surface area (Å²) < 4.78 is 0. The SMILES string of the molecule is CONOC(=O)c1ccccc1.[NaH]. The molecule has 4 nitrogen and oxygen atoms in total. The first kappa shape index (κ1) is 12.6. The third kappa shape index (κ3) is 4.40. The summed E-state index contributed by atoms with van der Waals surface area (Å²) in [5.74, 6) is -0.475. The Bertz CT molecular complexity index is 253. The van der Waals surface area contributed by atoms with Crippen LogP contribution in [0.4, 0.5) is 0 Å². The zero-order valence-corrected chi connectivity index (χ0v) is 6.61. The second kappa shape index (κ2) is 7.06. The average molecular weight is 191 g/mol. The van der Waals surface area contributed by atoms with E-state index in [1.807, 2.05) is 11.7 Å². The van der Waals surface area contributed by atoms with Gasteiger partial charge in [0.15, 0.2) is 0 Å². The molecule has 1 rings (SSSR count). The maximum atomic E-state index is 11.0. The Kier molecular flexibility index (Phi) is 6.84. The normalized spacial score (nSPS) is 8.69. The molecule has 0 heterocycles. The molecule has 66 valence electrons. The Morgan fingerprint density at radius 1 is 1.31 bits per heavy atom. The molecule has 0 spiro atoms. The number of benzene rings is 1. The van der Waals surface area contributed by atoms with E-state index in [0.29, 0.717) is 5.56 Å². The molecule has 0 aliphatic heterocycles. The zero-order valence-electron chi connectivity index (χ0n) is 6.61. The van der Waals surface area contributed by atoms with Crippen molar-refractivity contribution in [3.8, 4) is 0 Å². The molecule has 0 amide bonds. The van der Waals surface area contributed by atoms with Crippen LogP contribution in [0, 0.1) is 0 Å². The summed E-state index contributed by atoms with van der Waals surface area (Å²) in [6.07, 6.45) is 0. The summed E-state index contributed by atoms with van der Waals surface area (Å²) in [7, 11) is 1.36. The third-order valence-corrected chi connectivity index (χ3v) is 1.23. The predicted octanol–water partition coefficient (Wildman–Crippen LogP) is 0.261. The van der Waals surface area contributed by atoms with Crippen molar-refractivity contribution in [3.63, 3.8) is 0 Å². The summed E-state index contributed by atoms with van der Waals surface area (Å²) in [6, 6.07) is 8.63. The average Bonchev–Trinajstić information content (AvgIpc) is 2.15. The number of nitrogens with one attached hydrogen (secondary N) is 1. The molecule has 13 heavy (non-hydrogen) atoms. The van der Waals surface area contributed by atoms with Gasteiger partial charge in [0.25, 0.3) is 0 Å². The Morgan fingerprint density at radius 3 is 2.46 bits per heavy atom. The number of rotatable bonds is 3. The van der Waals surface area contributed by atoms with Gasteiger partial charge < -0.3 is 4.84 Å². The quantitative estimate of drug-likeness (QED) is 0.550. The molecule has 0 aliphatic carbocycles. The molecule has 0 aromatic heterocycles. The monoisotopic (exact) mass is 191 g/mol. The fourth-order valence-electron chi connectivity index (χ4n) is 0.713. The van der Waals surface area contributed by atoms with Crippen LogP contribution in [0.15, 0.2) is 30.3 Å². The maximum absolute atomic E-state index is 11.0. The molecule has 0 radical (unpaired) electrons. The minimum absolute atomic E-state index is 0. The van der Waals surface area contributed by atoms with Gasteiger partial charge in [0.05, 0.1) is 12.7 Å². The van der Waals surface area contributed by atoms with Crippen molar-refractivity contribution in [3.05, 3.63) is 35.9 Å². The van der Waals surface area contributed by atoms with Crippen molar-refractivity contribution in [1.82, 2.24) is 5.64 Å². The van der Waals surface area contributed by atoms with Crippen molar-refractivity contribution >= 4 is 35.5 Å². The molecule has 0 saturated carbocycles. The van der Waals surface area contributed by atoms with Gasteiger partial charge >= 0.3 is 35.5 Å². The van der Waals surface area contributed by atoms with Gasteiger partial charge in [-0.05, 0) is 17.8 Å². The van der Waals surface area contributed by atoms with E-state index in [1.165, 1.54) is 7.11 Å². The number of hydrogen-bond donors (Lipinski definition) is 1. The third-order valence-electron chi connectivity index (χ3n) is 1.23. The summed E-state index contributed by atoms with van der Waals surface area (Å²) >= 11 is 0. The van der Waals surface area contributed by atoms with Gasteiger partial charge in [-0.1, -0.05) is 18.2 Å². The molecule has 5 heteroatoms. The summed E-state index contributed by atoms with van der Waals surface area (Å²) in [5, 5.41) is 0. The Balaban J connectivity index is 0.00000144. The molecule has 0 aliphatic rings. The van der Waals surface area contributed by atoms with Crippen molar-refractivity contribution in [2.24, 2.45) is 0 Å². The van der Waals surface area contributed by atoms with Crippen molar-refractivity contribution in [2.75, 3.05) is 7.11 Å². The van der Waals surface area contributed by atoms with E-state index in [9.17, 15) is 4.79 Å². The van der Waals surface area contributed by atoms with Gasteiger partial charge in [-0.15, -0.1) is 0 Å². The topological polar surface area (TPSA) is 47.6 Å². The van der Waals surface area contributed by atoms with Gasteiger partial charge in [-0.3, -0.25) is 4.84 Å². The van der Waals surface area contributed by atoms with E-state index < -0.39 is 5.97 Å². The molecule has 0 atom stereocenters. The number of carbonyl (C=O) groups is 1. The van der Waals surface area contributed by atoms with Crippen LogP contribution in [0.2, 0.25) is 0 Å². The fraction of sp³-hybridized carbons (Fsp3) is 0.125. The van der Waals surface area contributed by atoms with Crippen LogP contribution < -0.4 is 5.64 Å². The van der Waals surface area contributed by atoms with Crippen LogP contribution in [0.3, 0.4) is 0 Å². The first-order chi connectivity index (χ1) is 5.84. The molecule has 1 aromatic carbocycles. The van der Waals surface area contributed by atoms with Gasteiger partial charge in [0.2, 0.25) is 0 Å². The summed E-state index contributed by atoms with van der Waals surface area (Å²) in [5.41, 5.74) is 2.47. The van der Waals surface area contributed by atoms with E-state index in [4.69, 9.17) is 0 Å². The van der Waals surface area contributed by atoms with E-state index in [0.717, 1.165) is 0 Å². The van der Waals surface area contributed by atoms with Gasteiger partial charge in [-0.25, -0.2) is 4.79 Å². The molecular weight excluding hydrogens is 181 g/mol. The molecular formula is C8H10NNaO3. The Morgan fingerprint density at radius 2 is 1.92 bits per heavy atom. The molecule has 0 bridgehead atoms. The van der Waals surface area contributed by atoms with E-state index >= 15 is 0 Å². The van der Waals surface area contributed by atoms with Crippen LogP contribution in [0.5, 0.6) is 0 Å². The van der Waals surface area contributed by atoms with Gasteiger partial charge in [-0.2, -0.15) is 0 Å². The molecule has 0 fully saturated rings. The summed E-state index contributed by atoms with van der Waals surface area (Å²) in [4.78, 5) is 19.8. The standard InChI is InChI=1S/C8H9NO3.Na.H/c1-11-9-12-8(10)7-5-3-2-4-6-7;;/h2-6,9H,1H3;;. The Labute approximate surface area is 98.4 Å². The molecule has 1 N–H and O–H groups in total. The first-order valence-corrected chi connectivity index (χ1v) is 3.39. The van der Waals surface area contributed by atoms with Crippen LogP contribution in [0.1, 0.15) is 10.4 Å². The van der Waals surface area contributed by atoms with Gasteiger partial charge in [0, 0.05) is 0 Å². The fourth-order valence-corrected chi connectivity index (χ4v) is 0.713. The van der Waals surface area contributed by atoms with E-state index in [1.54, 1.807) is 24.3 Å². The number of hydrogen-bond acceptors (Lipinski definition) is 4. The first-order valence-electron chi connectivity index (χ1n) is 3.39. The van der Waals surface area contributed by atoms with Crippen LogP contribution in [-0.4, -0.2) is 42.6 Å². The second-order valence-electron chi connectivity index (χ2n) is 2.04. The van der Waals surface area contributed by atoms with Gasteiger partial charge in [0.1, 0.15) is 0 Å². The predicted molar refractivity (Wildman–Crippen MR) is 49.2 cm³/mol. The Hall–Kier alpha value is -0.390. The second-order valence-corrected chi connectivity index (χ2v) is 2.04. The molecule has 1 aromatic rings. The number of carbonyl (C=O) groups excluding carboxylic acids is 1. The van der Waals surface area contributed by atoms with E-state index in [-0.39, 0.29) is 29.6 Å². The van der Waals surface area contributed by atoms with Crippen molar-refractivity contribution in [1.29, 1.82) is 0 Å². The minimum atomic E-state index is -0.475. The van der Waals surface area contributed by atoms with Crippen LogP contribution >= 0.6 is 0 Å². The molecule has 0 unspecified atom stereocenters. The summed E-state index contributed by atoms with van der Waals surface area (Å²) in [6.45, 7) is 0. The van der Waals surface area contributed by atoms with Crippen LogP contribution in [-0.2, 0) is 9.68 Å². The molecule has 0 saturated heterocycles. The van der Waals surface area contributed by atoms with E-state index in [2.05, 4.69) is 9.68 Å². The van der Waals surface area contributed by atoms with Crippen molar-refractivity contribution < 1.29 is 14.5 Å². The van der Waals surface area contributed by atoms with Crippen LogP contribution in [0.25, 0.3) is 0 Å². The van der Waals surface area contributed by atoms with Crippen molar-refractivity contribution in [2.45, 2.75) is 0 Å². The zero-order chi connectivity index (χ0) is 8.81.